The lowest BCUT2D eigenvalue weighted by molar-refractivity contribution is -0.138. The average Bonchev–Trinajstić information content (AvgIpc) is 2.44. The van der Waals surface area contributed by atoms with E-state index in [4.69, 9.17) is 9.84 Å². The summed E-state index contributed by atoms with van der Waals surface area (Å²) >= 11 is 0. The lowest BCUT2D eigenvalue weighted by Crippen LogP contribution is -2.38. The number of aliphatic carboxylic acids is 1. The highest BCUT2D eigenvalue weighted by atomic mass is 16.5. The predicted molar refractivity (Wildman–Crippen MR) is 75.2 cm³/mol. The van der Waals surface area contributed by atoms with E-state index in [1.165, 1.54) is 17.9 Å². The van der Waals surface area contributed by atoms with Crippen molar-refractivity contribution in [1.29, 1.82) is 0 Å². The fourth-order valence-corrected chi connectivity index (χ4v) is 1.38. The van der Waals surface area contributed by atoms with Crippen molar-refractivity contribution in [2.24, 2.45) is 0 Å². The molecule has 0 aromatic heterocycles. The lowest BCUT2D eigenvalue weighted by atomic mass is 10.1. The van der Waals surface area contributed by atoms with Gasteiger partial charge in [0, 0.05) is 14.1 Å². The van der Waals surface area contributed by atoms with Gasteiger partial charge >= 0.3 is 5.97 Å². The zero-order chi connectivity index (χ0) is 16.0. The number of rotatable bonds is 6. The van der Waals surface area contributed by atoms with Crippen molar-refractivity contribution < 1.29 is 24.2 Å². The van der Waals surface area contributed by atoms with E-state index in [-0.39, 0.29) is 23.8 Å². The van der Waals surface area contributed by atoms with Crippen LogP contribution in [0.3, 0.4) is 0 Å². The Kier molecular flexibility index (Phi) is 5.71. The van der Waals surface area contributed by atoms with E-state index in [1.807, 2.05) is 0 Å². The maximum absolute atomic E-state index is 12.0. The number of hydrogen-bond acceptors (Lipinski definition) is 4. The molecule has 0 bridgehead atoms. The molecule has 1 atom stereocenters. The number of ether oxygens (including phenoxy) is 1. The first-order valence-corrected chi connectivity index (χ1v) is 6.28. The Bertz CT molecular complexity index is 542. The van der Waals surface area contributed by atoms with E-state index in [9.17, 15) is 14.4 Å². The predicted octanol–water partition coefficient (Wildman–Crippen LogP) is 0.356. The molecule has 0 saturated heterocycles. The molecule has 0 aliphatic heterocycles. The lowest BCUT2D eigenvalue weighted by Gasteiger charge is -2.15. The van der Waals surface area contributed by atoms with Crippen molar-refractivity contribution in [3.05, 3.63) is 29.8 Å². The summed E-state index contributed by atoms with van der Waals surface area (Å²) in [5.74, 6) is -1.73. The summed E-state index contributed by atoms with van der Waals surface area (Å²) in [6.45, 7) is 1.16. The van der Waals surface area contributed by atoms with Crippen LogP contribution < -0.4 is 10.1 Å². The van der Waals surface area contributed by atoms with Crippen LogP contribution in [-0.4, -0.2) is 54.5 Å². The van der Waals surface area contributed by atoms with E-state index in [0.717, 1.165) is 0 Å². The van der Waals surface area contributed by atoms with Gasteiger partial charge in [0.25, 0.3) is 11.8 Å². The normalized spacial score (nSPS) is 11.4. The van der Waals surface area contributed by atoms with Crippen LogP contribution in [0.1, 0.15) is 17.3 Å². The molecule has 114 valence electrons. The molecule has 0 radical (unpaired) electrons. The van der Waals surface area contributed by atoms with Crippen molar-refractivity contribution >= 4 is 17.8 Å². The van der Waals surface area contributed by atoms with Crippen molar-refractivity contribution in [2.45, 2.75) is 13.0 Å². The third kappa shape index (κ3) is 4.79. The second-order valence-electron chi connectivity index (χ2n) is 4.61. The number of carboxylic acid groups (broad SMARTS) is 1. The van der Waals surface area contributed by atoms with Gasteiger partial charge < -0.3 is 20.1 Å². The maximum atomic E-state index is 12.0. The van der Waals surface area contributed by atoms with Gasteiger partial charge in [-0.15, -0.1) is 0 Å². The van der Waals surface area contributed by atoms with Crippen LogP contribution in [0.25, 0.3) is 0 Å². The molecule has 0 spiro atoms. The molecule has 0 saturated carbocycles. The van der Waals surface area contributed by atoms with Gasteiger partial charge in [-0.2, -0.15) is 0 Å². The molecule has 2 N–H and O–H groups in total. The van der Waals surface area contributed by atoms with Crippen LogP contribution >= 0.6 is 0 Å². The average molecular weight is 294 g/mol. The van der Waals surface area contributed by atoms with Crippen LogP contribution in [0.15, 0.2) is 24.3 Å². The monoisotopic (exact) mass is 294 g/mol. The van der Waals surface area contributed by atoms with Crippen LogP contribution in [0, 0.1) is 0 Å². The molecule has 7 nitrogen and oxygen atoms in total. The molecule has 1 aromatic carbocycles. The first kappa shape index (κ1) is 16.5. The SMILES string of the molecule is C[C@H](NC(=O)c1ccccc1OCC(=O)N(C)C)C(=O)O. The second-order valence-corrected chi connectivity index (χ2v) is 4.61. The zero-order valence-electron chi connectivity index (χ0n) is 12.1. The Morgan fingerprint density at radius 1 is 1.29 bits per heavy atom. The molecule has 1 rings (SSSR count). The van der Waals surface area contributed by atoms with Crippen LogP contribution in [0.5, 0.6) is 5.75 Å². The summed E-state index contributed by atoms with van der Waals surface area (Å²) in [5.41, 5.74) is 0.178. The maximum Gasteiger partial charge on any atom is 0.325 e. The molecule has 21 heavy (non-hydrogen) atoms. The van der Waals surface area contributed by atoms with E-state index >= 15 is 0 Å². The Balaban J connectivity index is 2.81. The van der Waals surface area contributed by atoms with Crippen molar-refractivity contribution in [3.8, 4) is 5.75 Å². The molecule has 0 aliphatic rings. The van der Waals surface area contributed by atoms with E-state index in [1.54, 1.807) is 32.3 Å². The van der Waals surface area contributed by atoms with E-state index < -0.39 is 17.9 Å². The summed E-state index contributed by atoms with van der Waals surface area (Å²) in [5, 5.41) is 11.1. The van der Waals surface area contributed by atoms with Gasteiger partial charge in [-0.25, -0.2) is 0 Å². The molecule has 7 heteroatoms. The van der Waals surface area contributed by atoms with Gasteiger partial charge in [0.05, 0.1) is 5.56 Å². The summed E-state index contributed by atoms with van der Waals surface area (Å²) in [7, 11) is 3.19. The minimum Gasteiger partial charge on any atom is -0.483 e. The smallest absolute Gasteiger partial charge is 0.325 e. The van der Waals surface area contributed by atoms with E-state index in [0.29, 0.717) is 0 Å². The van der Waals surface area contributed by atoms with Crippen LogP contribution in [0.2, 0.25) is 0 Å². The molecule has 0 heterocycles. The van der Waals surface area contributed by atoms with Crippen LogP contribution in [0.4, 0.5) is 0 Å². The molecule has 0 fully saturated rings. The molecule has 2 amide bonds. The van der Waals surface area contributed by atoms with Gasteiger partial charge in [-0.3, -0.25) is 14.4 Å². The number of nitrogens with one attached hydrogen (secondary N) is 1. The van der Waals surface area contributed by atoms with Crippen LogP contribution in [-0.2, 0) is 9.59 Å². The second kappa shape index (κ2) is 7.28. The number of para-hydroxylation sites is 1. The number of amides is 2. The Morgan fingerprint density at radius 3 is 2.48 bits per heavy atom. The summed E-state index contributed by atoms with van der Waals surface area (Å²) in [6, 6.07) is 5.31. The largest absolute Gasteiger partial charge is 0.483 e. The molecular weight excluding hydrogens is 276 g/mol. The molecule has 1 aromatic rings. The molecule has 0 unspecified atom stereocenters. The highest BCUT2D eigenvalue weighted by Crippen LogP contribution is 2.18. The number of hydrogen-bond donors (Lipinski definition) is 2. The zero-order valence-corrected chi connectivity index (χ0v) is 12.1. The quantitative estimate of drug-likeness (QED) is 0.789. The number of carboxylic acids is 1. The number of likely N-dealkylation sites (N-methyl/N-ethyl adjacent to an activating group) is 1. The Labute approximate surface area is 122 Å². The molecular formula is C14H18N2O5. The van der Waals surface area contributed by atoms with Gasteiger partial charge in [-0.05, 0) is 19.1 Å². The number of carbonyl (C=O) groups is 3. The Morgan fingerprint density at radius 2 is 1.90 bits per heavy atom. The Hall–Kier alpha value is -2.57. The van der Waals surface area contributed by atoms with Crippen molar-refractivity contribution in [1.82, 2.24) is 10.2 Å². The summed E-state index contributed by atoms with van der Waals surface area (Å²) < 4.78 is 5.32. The van der Waals surface area contributed by atoms with Crippen molar-refractivity contribution in [2.75, 3.05) is 20.7 Å². The van der Waals surface area contributed by atoms with Gasteiger partial charge in [-0.1, -0.05) is 12.1 Å². The summed E-state index contributed by atoms with van der Waals surface area (Å²) in [6.07, 6.45) is 0. The van der Waals surface area contributed by atoms with Gasteiger partial charge in [0.2, 0.25) is 0 Å². The topological polar surface area (TPSA) is 95.9 Å². The minimum absolute atomic E-state index is 0.178. The standard InChI is InChI=1S/C14H18N2O5/c1-9(14(19)20)15-13(18)10-6-4-5-7-11(10)21-8-12(17)16(2)3/h4-7,9H,8H2,1-3H3,(H,15,18)(H,19,20)/t9-/m0/s1. The number of carbonyl (C=O) groups excluding carboxylic acids is 2. The fraction of sp³-hybridized carbons (Fsp3) is 0.357. The third-order valence-electron chi connectivity index (χ3n) is 2.70. The summed E-state index contributed by atoms with van der Waals surface area (Å²) in [4.78, 5) is 35.6. The van der Waals surface area contributed by atoms with Gasteiger partial charge in [0.15, 0.2) is 6.61 Å². The third-order valence-corrected chi connectivity index (χ3v) is 2.70. The highest BCUT2D eigenvalue weighted by Gasteiger charge is 2.18. The first-order chi connectivity index (χ1) is 9.82. The molecule has 0 aliphatic carbocycles. The minimum atomic E-state index is -1.13. The van der Waals surface area contributed by atoms with Crippen molar-refractivity contribution in [3.63, 3.8) is 0 Å². The van der Waals surface area contributed by atoms with E-state index in [2.05, 4.69) is 5.32 Å². The number of benzene rings is 1. The number of nitrogens with zero attached hydrogens (tertiary/aromatic N) is 1. The highest BCUT2D eigenvalue weighted by molar-refractivity contribution is 5.98. The first-order valence-electron chi connectivity index (χ1n) is 6.28. The fourth-order valence-electron chi connectivity index (χ4n) is 1.38. The van der Waals surface area contributed by atoms with Gasteiger partial charge in [0.1, 0.15) is 11.8 Å².